The molecule has 0 bridgehead atoms. The van der Waals surface area contributed by atoms with Crippen molar-refractivity contribution in [3.8, 4) is 0 Å². The number of nitrogens with zero attached hydrogens (tertiary/aromatic N) is 2. The molecule has 1 unspecified atom stereocenters. The molecular weight excluding hydrogens is 385 g/mol. The Bertz CT molecular complexity index is 772. The number of piperazine rings is 1. The van der Waals surface area contributed by atoms with Gasteiger partial charge in [-0.1, -0.05) is 18.2 Å². The van der Waals surface area contributed by atoms with E-state index in [1.807, 2.05) is 25.7 Å². The number of ether oxygens (including phenoxy) is 1. The molecule has 1 heterocycles. The van der Waals surface area contributed by atoms with Gasteiger partial charge in [0.15, 0.2) is 0 Å². The first kappa shape index (κ1) is 22.6. The minimum Gasteiger partial charge on any atom is -0.444 e. The molecule has 158 valence electrons. The van der Waals surface area contributed by atoms with E-state index in [9.17, 15) is 17.6 Å². The third-order valence-corrected chi connectivity index (χ3v) is 5.91. The fourth-order valence-corrected chi connectivity index (χ4v) is 3.65. The van der Waals surface area contributed by atoms with Crippen molar-refractivity contribution in [1.29, 1.82) is 0 Å². The van der Waals surface area contributed by atoms with Crippen LogP contribution in [0.25, 0.3) is 0 Å². The number of nitrogens with one attached hydrogen (secondary N) is 1. The smallest absolute Gasteiger partial charge is 0.410 e. The van der Waals surface area contributed by atoms with Crippen LogP contribution in [0.5, 0.6) is 0 Å². The Morgan fingerprint density at radius 1 is 1.21 bits per heavy atom. The third kappa shape index (κ3) is 6.42. The second kappa shape index (κ2) is 9.19. The van der Waals surface area contributed by atoms with Gasteiger partial charge >= 0.3 is 6.09 Å². The Balaban J connectivity index is 2.10. The Labute approximate surface area is 166 Å². The molecule has 2 rings (SSSR count). The van der Waals surface area contributed by atoms with Gasteiger partial charge in [-0.15, -0.1) is 0 Å². The minimum atomic E-state index is -3.40. The van der Waals surface area contributed by atoms with E-state index in [1.54, 1.807) is 30.0 Å². The van der Waals surface area contributed by atoms with Crippen LogP contribution in [0.4, 0.5) is 9.18 Å². The molecule has 7 nitrogen and oxygen atoms in total. The molecule has 1 aliphatic rings. The average Bonchev–Trinajstić information content (AvgIpc) is 2.62. The van der Waals surface area contributed by atoms with Crippen LogP contribution in [0.1, 0.15) is 39.3 Å². The number of sulfonamides is 1. The summed E-state index contributed by atoms with van der Waals surface area (Å²) in [6.07, 6.45) is -0.374. The van der Waals surface area contributed by atoms with Crippen LogP contribution in [0.3, 0.4) is 0 Å². The monoisotopic (exact) mass is 415 g/mol. The van der Waals surface area contributed by atoms with Crippen molar-refractivity contribution in [3.05, 3.63) is 35.6 Å². The van der Waals surface area contributed by atoms with E-state index in [0.717, 1.165) is 0 Å². The summed E-state index contributed by atoms with van der Waals surface area (Å²) in [6.45, 7) is 8.92. The second-order valence-corrected chi connectivity index (χ2v) is 9.89. The molecule has 1 amide bonds. The van der Waals surface area contributed by atoms with E-state index in [0.29, 0.717) is 31.7 Å². The van der Waals surface area contributed by atoms with Crippen molar-refractivity contribution in [2.45, 2.75) is 39.3 Å². The molecule has 0 saturated carbocycles. The van der Waals surface area contributed by atoms with Gasteiger partial charge < -0.3 is 9.64 Å². The first-order chi connectivity index (χ1) is 13.0. The summed E-state index contributed by atoms with van der Waals surface area (Å²) in [5.74, 6) is -0.415. The zero-order valence-corrected chi connectivity index (χ0v) is 17.8. The van der Waals surface area contributed by atoms with Gasteiger partial charge in [-0.2, -0.15) is 0 Å². The van der Waals surface area contributed by atoms with E-state index in [4.69, 9.17) is 4.74 Å². The van der Waals surface area contributed by atoms with E-state index in [-0.39, 0.29) is 24.2 Å². The molecule has 1 aromatic rings. The molecule has 0 aromatic heterocycles. The quantitative estimate of drug-likeness (QED) is 0.772. The highest BCUT2D eigenvalue weighted by molar-refractivity contribution is 7.89. The summed E-state index contributed by atoms with van der Waals surface area (Å²) < 4.78 is 46.1. The number of carbonyl (C=O) groups is 1. The fourth-order valence-electron chi connectivity index (χ4n) is 3.03. The molecule has 1 aromatic carbocycles. The third-order valence-electron chi connectivity index (χ3n) is 4.55. The van der Waals surface area contributed by atoms with Crippen molar-refractivity contribution < 1.29 is 22.3 Å². The lowest BCUT2D eigenvalue weighted by Gasteiger charge is -2.39. The van der Waals surface area contributed by atoms with Gasteiger partial charge in [-0.05, 0) is 33.8 Å². The van der Waals surface area contributed by atoms with E-state index >= 15 is 0 Å². The van der Waals surface area contributed by atoms with Crippen LogP contribution in [0, 0.1) is 5.82 Å². The summed E-state index contributed by atoms with van der Waals surface area (Å²) in [7, 11) is -3.40. The lowest BCUT2D eigenvalue weighted by Crippen LogP contribution is -2.52. The zero-order chi connectivity index (χ0) is 20.9. The van der Waals surface area contributed by atoms with Gasteiger partial charge in [0.2, 0.25) is 10.0 Å². The maximum absolute atomic E-state index is 14.4. The molecule has 1 atom stereocenters. The number of benzene rings is 1. The summed E-state index contributed by atoms with van der Waals surface area (Å²) in [4.78, 5) is 15.9. The van der Waals surface area contributed by atoms with Crippen molar-refractivity contribution in [3.63, 3.8) is 0 Å². The van der Waals surface area contributed by atoms with E-state index < -0.39 is 21.7 Å². The predicted molar refractivity (Wildman–Crippen MR) is 106 cm³/mol. The highest BCUT2D eigenvalue weighted by atomic mass is 32.2. The number of hydrogen-bond donors (Lipinski definition) is 1. The standard InChI is InChI=1S/C19H30FN3O4S/c1-5-28(25,26)21-14-17(15-8-6-7-9-16(15)20)22-10-12-23(13-11-22)18(24)27-19(2,3)4/h6-9,17,21H,5,10-14H2,1-4H3. The largest absolute Gasteiger partial charge is 0.444 e. The van der Waals surface area contributed by atoms with Crippen LogP contribution < -0.4 is 4.72 Å². The molecule has 28 heavy (non-hydrogen) atoms. The van der Waals surface area contributed by atoms with Gasteiger partial charge in [0.1, 0.15) is 11.4 Å². The number of amides is 1. The Morgan fingerprint density at radius 3 is 2.36 bits per heavy atom. The van der Waals surface area contributed by atoms with Gasteiger partial charge in [0, 0.05) is 38.3 Å². The lowest BCUT2D eigenvalue weighted by atomic mass is 10.0. The molecular formula is C19H30FN3O4S. The normalized spacial score (nSPS) is 17.4. The zero-order valence-electron chi connectivity index (χ0n) is 16.9. The van der Waals surface area contributed by atoms with E-state index in [2.05, 4.69) is 4.72 Å². The Kier molecular flexibility index (Phi) is 7.41. The maximum Gasteiger partial charge on any atom is 0.410 e. The van der Waals surface area contributed by atoms with Crippen LogP contribution in [0.15, 0.2) is 24.3 Å². The molecule has 1 saturated heterocycles. The van der Waals surface area contributed by atoms with Gasteiger partial charge in [-0.25, -0.2) is 22.3 Å². The lowest BCUT2D eigenvalue weighted by molar-refractivity contribution is 0.0103. The van der Waals surface area contributed by atoms with Gasteiger partial charge in [0.25, 0.3) is 0 Å². The first-order valence-corrected chi connectivity index (χ1v) is 11.1. The first-order valence-electron chi connectivity index (χ1n) is 9.46. The van der Waals surface area contributed by atoms with Crippen LogP contribution in [-0.2, 0) is 14.8 Å². The highest BCUT2D eigenvalue weighted by Gasteiger charge is 2.31. The van der Waals surface area contributed by atoms with Crippen molar-refractivity contribution >= 4 is 16.1 Å². The molecule has 1 N–H and O–H groups in total. The number of rotatable bonds is 6. The molecule has 0 spiro atoms. The summed E-state index contributed by atoms with van der Waals surface area (Å²) in [5, 5.41) is 0. The predicted octanol–water partition coefficient (Wildman–Crippen LogP) is 2.36. The Morgan fingerprint density at radius 2 is 1.82 bits per heavy atom. The summed E-state index contributed by atoms with van der Waals surface area (Å²) in [6, 6.07) is 5.92. The SMILES string of the molecule is CCS(=O)(=O)NCC(c1ccccc1F)N1CCN(C(=O)OC(C)(C)C)CC1. The van der Waals surface area contributed by atoms with Gasteiger partial charge in [-0.3, -0.25) is 4.90 Å². The molecule has 0 aliphatic carbocycles. The van der Waals surface area contributed by atoms with Crippen LogP contribution in [-0.4, -0.2) is 68.4 Å². The Hall–Kier alpha value is -1.71. The van der Waals surface area contributed by atoms with Crippen molar-refractivity contribution in [1.82, 2.24) is 14.5 Å². The van der Waals surface area contributed by atoms with Crippen molar-refractivity contribution in [2.75, 3.05) is 38.5 Å². The highest BCUT2D eigenvalue weighted by Crippen LogP contribution is 2.25. The fraction of sp³-hybridized carbons (Fsp3) is 0.632. The average molecular weight is 416 g/mol. The number of hydrogen-bond acceptors (Lipinski definition) is 5. The molecule has 9 heteroatoms. The second-order valence-electron chi connectivity index (χ2n) is 7.79. The molecule has 0 radical (unpaired) electrons. The van der Waals surface area contributed by atoms with Gasteiger partial charge in [0.05, 0.1) is 11.8 Å². The summed E-state index contributed by atoms with van der Waals surface area (Å²) in [5.41, 5.74) is -0.130. The number of halogens is 1. The maximum atomic E-state index is 14.4. The van der Waals surface area contributed by atoms with E-state index in [1.165, 1.54) is 6.07 Å². The summed E-state index contributed by atoms with van der Waals surface area (Å²) >= 11 is 0. The molecule has 1 aliphatic heterocycles. The number of carbonyl (C=O) groups excluding carboxylic acids is 1. The van der Waals surface area contributed by atoms with Crippen LogP contribution >= 0.6 is 0 Å². The molecule has 1 fully saturated rings. The van der Waals surface area contributed by atoms with Crippen molar-refractivity contribution in [2.24, 2.45) is 0 Å². The van der Waals surface area contributed by atoms with Crippen LogP contribution in [0.2, 0.25) is 0 Å². The minimum absolute atomic E-state index is 0.0383. The topological polar surface area (TPSA) is 79.0 Å².